The van der Waals surface area contributed by atoms with E-state index < -0.39 is 18.6 Å². The van der Waals surface area contributed by atoms with Crippen LogP contribution in [0.1, 0.15) is 5.69 Å². The Morgan fingerprint density at radius 3 is 2.58 bits per heavy atom. The van der Waals surface area contributed by atoms with Crippen molar-refractivity contribution in [2.45, 2.75) is 12.9 Å². The lowest BCUT2D eigenvalue weighted by Gasteiger charge is -2.06. The molecule has 0 unspecified atom stereocenters. The Balaban J connectivity index is 2.58. The van der Waals surface area contributed by atoms with Gasteiger partial charge in [-0.05, 0) is 6.07 Å². The number of aliphatic hydroxyl groups excluding tert-OH is 1. The van der Waals surface area contributed by atoms with Gasteiger partial charge >= 0.3 is 6.18 Å². The molecule has 0 saturated carbocycles. The van der Waals surface area contributed by atoms with E-state index in [1.165, 1.54) is 0 Å². The molecular weight excluding hydrogens is 279 g/mol. The van der Waals surface area contributed by atoms with Gasteiger partial charge in [0, 0.05) is 11.8 Å². The number of hydrogen-bond acceptors (Lipinski definition) is 2. The normalized spacial score (nSPS) is 11.8. The minimum Gasteiger partial charge on any atom is -0.376 e. The van der Waals surface area contributed by atoms with Gasteiger partial charge in [-0.15, -0.1) is 0 Å². The number of rotatable bonds is 2. The van der Waals surface area contributed by atoms with Crippen LogP contribution >= 0.6 is 11.6 Å². The first-order valence-corrected chi connectivity index (χ1v) is 5.72. The Morgan fingerprint density at radius 1 is 1.37 bits per heavy atom. The molecule has 1 heterocycles. The summed E-state index contributed by atoms with van der Waals surface area (Å²) in [6.07, 6.45) is -3.81. The SMILES string of the molecule is Bc1ccc(-c2nc(C(F)(F)F)cn2CO)c(Cl)c1. The molecular formula is C11H9BClF3N2O. The van der Waals surface area contributed by atoms with Crippen molar-refractivity contribution in [3.63, 3.8) is 0 Å². The van der Waals surface area contributed by atoms with Crippen LogP contribution in [0, 0.1) is 0 Å². The average Bonchev–Trinajstić information content (AvgIpc) is 2.72. The predicted octanol–water partition coefficient (Wildman–Crippen LogP) is 1.43. The number of alkyl halides is 3. The highest BCUT2D eigenvalue weighted by Gasteiger charge is 2.35. The van der Waals surface area contributed by atoms with Crippen LogP contribution in [0.4, 0.5) is 13.2 Å². The summed E-state index contributed by atoms with van der Waals surface area (Å²) in [5.74, 6) is -0.0141. The van der Waals surface area contributed by atoms with E-state index in [1.807, 2.05) is 7.85 Å². The van der Waals surface area contributed by atoms with Crippen molar-refractivity contribution < 1.29 is 18.3 Å². The Kier molecular flexibility index (Phi) is 3.60. The second-order valence-corrected chi connectivity index (χ2v) is 4.45. The third-order valence-electron chi connectivity index (χ3n) is 2.58. The zero-order valence-electron chi connectivity index (χ0n) is 9.87. The first kappa shape index (κ1) is 14.0. The quantitative estimate of drug-likeness (QED) is 0.849. The fraction of sp³-hybridized carbons (Fsp3) is 0.182. The lowest BCUT2D eigenvalue weighted by molar-refractivity contribution is -0.140. The molecule has 0 fully saturated rings. The summed E-state index contributed by atoms with van der Waals surface area (Å²) in [5, 5.41) is 9.40. The number of benzene rings is 1. The fourth-order valence-electron chi connectivity index (χ4n) is 1.68. The van der Waals surface area contributed by atoms with Gasteiger partial charge in [0.15, 0.2) is 5.69 Å². The number of aromatic nitrogens is 2. The van der Waals surface area contributed by atoms with Crippen molar-refractivity contribution in [3.8, 4) is 11.4 Å². The number of imidazole rings is 1. The van der Waals surface area contributed by atoms with Gasteiger partial charge < -0.3 is 9.67 Å². The highest BCUT2D eigenvalue weighted by molar-refractivity contribution is 6.37. The fourth-order valence-corrected chi connectivity index (χ4v) is 2.00. The van der Waals surface area contributed by atoms with Gasteiger partial charge in [-0.3, -0.25) is 0 Å². The molecule has 2 aromatic rings. The van der Waals surface area contributed by atoms with E-state index in [-0.39, 0.29) is 10.8 Å². The zero-order valence-corrected chi connectivity index (χ0v) is 10.6. The smallest absolute Gasteiger partial charge is 0.376 e. The van der Waals surface area contributed by atoms with Gasteiger partial charge in [0.1, 0.15) is 20.4 Å². The maximum atomic E-state index is 12.6. The molecule has 1 N–H and O–H groups in total. The molecule has 0 bridgehead atoms. The molecule has 3 nitrogen and oxygen atoms in total. The lowest BCUT2D eigenvalue weighted by atomic mass is 9.95. The summed E-state index contributed by atoms with van der Waals surface area (Å²) < 4.78 is 38.8. The van der Waals surface area contributed by atoms with E-state index in [0.29, 0.717) is 5.56 Å². The summed E-state index contributed by atoms with van der Waals surface area (Å²) in [7, 11) is 1.81. The molecule has 8 heteroatoms. The number of aliphatic hydroxyl groups is 1. The lowest BCUT2D eigenvalue weighted by Crippen LogP contribution is -2.05. The molecule has 0 aliphatic carbocycles. The minimum absolute atomic E-state index is 0.0141. The third-order valence-corrected chi connectivity index (χ3v) is 2.90. The topological polar surface area (TPSA) is 38.0 Å². The van der Waals surface area contributed by atoms with Crippen molar-refractivity contribution in [2.75, 3.05) is 0 Å². The standard InChI is InChI=1S/C11H9BClF3N2O/c12-6-1-2-7(8(13)3-6)10-17-9(11(14,15)16)4-18(10)5-19/h1-4,19H,5,12H2. The second kappa shape index (κ2) is 4.90. The van der Waals surface area contributed by atoms with Gasteiger partial charge in [-0.25, -0.2) is 4.98 Å². The van der Waals surface area contributed by atoms with E-state index >= 15 is 0 Å². The Morgan fingerprint density at radius 2 is 2.05 bits per heavy atom. The van der Waals surface area contributed by atoms with E-state index in [2.05, 4.69) is 4.98 Å². The Labute approximate surface area is 113 Å². The van der Waals surface area contributed by atoms with Crippen LogP contribution in [0.25, 0.3) is 11.4 Å². The van der Waals surface area contributed by atoms with Crippen molar-refractivity contribution in [1.82, 2.24) is 9.55 Å². The molecule has 0 amide bonds. The summed E-state index contributed by atoms with van der Waals surface area (Å²) in [6, 6.07) is 4.91. The van der Waals surface area contributed by atoms with E-state index in [1.54, 1.807) is 18.2 Å². The molecule has 0 aliphatic heterocycles. The van der Waals surface area contributed by atoms with Crippen molar-refractivity contribution in [2.24, 2.45) is 0 Å². The second-order valence-electron chi connectivity index (χ2n) is 4.04. The van der Waals surface area contributed by atoms with Gasteiger partial charge in [-0.2, -0.15) is 13.2 Å². The van der Waals surface area contributed by atoms with Gasteiger partial charge in [0.25, 0.3) is 0 Å². The first-order valence-electron chi connectivity index (χ1n) is 5.34. The van der Waals surface area contributed by atoms with Crippen LogP contribution in [0.3, 0.4) is 0 Å². The van der Waals surface area contributed by atoms with Gasteiger partial charge in [-0.1, -0.05) is 29.2 Å². The maximum Gasteiger partial charge on any atom is 0.434 e. The molecule has 2 rings (SSSR count). The molecule has 1 aromatic heterocycles. The number of hydrogen-bond donors (Lipinski definition) is 1. The van der Waals surface area contributed by atoms with Crippen molar-refractivity contribution >= 4 is 24.9 Å². The highest BCUT2D eigenvalue weighted by atomic mass is 35.5. The van der Waals surface area contributed by atoms with E-state index in [0.717, 1.165) is 16.2 Å². The van der Waals surface area contributed by atoms with Gasteiger partial charge in [0.2, 0.25) is 0 Å². The van der Waals surface area contributed by atoms with Gasteiger partial charge in [0.05, 0.1) is 5.02 Å². The molecule has 0 spiro atoms. The van der Waals surface area contributed by atoms with Crippen LogP contribution in [0.15, 0.2) is 24.4 Å². The predicted molar refractivity (Wildman–Crippen MR) is 68.1 cm³/mol. The first-order chi connectivity index (χ1) is 8.82. The van der Waals surface area contributed by atoms with Crippen molar-refractivity contribution in [3.05, 3.63) is 35.1 Å². The molecule has 0 saturated heterocycles. The van der Waals surface area contributed by atoms with E-state index in [4.69, 9.17) is 16.7 Å². The Hall–Kier alpha value is -1.47. The van der Waals surface area contributed by atoms with Crippen LogP contribution < -0.4 is 5.46 Å². The third kappa shape index (κ3) is 2.77. The highest BCUT2D eigenvalue weighted by Crippen LogP contribution is 2.32. The Bertz CT molecular complexity index is 612. The zero-order chi connectivity index (χ0) is 14.2. The van der Waals surface area contributed by atoms with Crippen LogP contribution in [0.2, 0.25) is 5.02 Å². The molecule has 19 heavy (non-hydrogen) atoms. The largest absolute Gasteiger partial charge is 0.434 e. The van der Waals surface area contributed by atoms with Crippen LogP contribution in [-0.4, -0.2) is 22.5 Å². The van der Waals surface area contributed by atoms with E-state index in [9.17, 15) is 13.2 Å². The van der Waals surface area contributed by atoms with Crippen molar-refractivity contribution in [1.29, 1.82) is 0 Å². The molecule has 100 valence electrons. The summed E-state index contributed by atoms with van der Waals surface area (Å²) in [4.78, 5) is 3.51. The molecule has 1 aromatic carbocycles. The summed E-state index contributed by atoms with van der Waals surface area (Å²) >= 11 is 6.00. The van der Waals surface area contributed by atoms with Crippen LogP contribution in [-0.2, 0) is 12.9 Å². The summed E-state index contributed by atoms with van der Waals surface area (Å²) in [5.41, 5.74) is 0.164. The van der Waals surface area contributed by atoms with Crippen LogP contribution in [0.5, 0.6) is 0 Å². The number of nitrogens with zero attached hydrogens (tertiary/aromatic N) is 2. The number of halogens is 4. The average molecular weight is 288 g/mol. The minimum atomic E-state index is -4.56. The molecule has 0 atom stereocenters. The molecule has 0 aliphatic rings. The maximum absolute atomic E-state index is 12.6. The monoisotopic (exact) mass is 288 g/mol. The molecule has 0 radical (unpaired) electrons. The summed E-state index contributed by atoms with van der Waals surface area (Å²) in [6.45, 7) is -0.609.